The Kier molecular flexibility index (Phi) is 4.49. The van der Waals surface area contributed by atoms with Crippen molar-refractivity contribution in [2.45, 2.75) is 18.6 Å². The summed E-state index contributed by atoms with van der Waals surface area (Å²) in [6.07, 6.45) is -0.0441. The van der Waals surface area contributed by atoms with Crippen LogP contribution in [0.3, 0.4) is 0 Å². The van der Waals surface area contributed by atoms with E-state index in [-0.39, 0.29) is 17.6 Å². The van der Waals surface area contributed by atoms with Gasteiger partial charge in [-0.05, 0) is 36.8 Å². The highest BCUT2D eigenvalue weighted by Gasteiger charge is 2.40. The molecule has 5 heterocycles. The van der Waals surface area contributed by atoms with Crippen molar-refractivity contribution in [2.75, 3.05) is 28.2 Å². The van der Waals surface area contributed by atoms with Gasteiger partial charge in [-0.2, -0.15) is 13.2 Å². The Balaban J connectivity index is 1.54. The summed E-state index contributed by atoms with van der Waals surface area (Å²) < 4.78 is 39.3. The monoisotopic (exact) mass is 426 g/mol. The number of carbonyl (C=O) groups excluding carboxylic acids is 1. The van der Waals surface area contributed by atoms with Gasteiger partial charge < -0.3 is 4.90 Å². The molecule has 5 rings (SSSR count). The maximum Gasteiger partial charge on any atom is 0.417 e. The van der Waals surface area contributed by atoms with Crippen LogP contribution in [0.1, 0.15) is 12.0 Å². The minimum Gasteiger partial charge on any atom is -0.366 e. The van der Waals surface area contributed by atoms with Gasteiger partial charge >= 0.3 is 12.2 Å². The van der Waals surface area contributed by atoms with Gasteiger partial charge in [0.15, 0.2) is 5.82 Å². The molecule has 0 spiro atoms. The highest BCUT2D eigenvalue weighted by Crippen LogP contribution is 2.40. The molecule has 0 aromatic carbocycles. The number of pyridine rings is 3. The summed E-state index contributed by atoms with van der Waals surface area (Å²) in [6, 6.07) is 9.19. The van der Waals surface area contributed by atoms with Gasteiger partial charge in [-0.3, -0.25) is 15.2 Å². The maximum atomic E-state index is 13.1. The average molecular weight is 426 g/mol. The van der Waals surface area contributed by atoms with Crippen LogP contribution in [-0.4, -0.2) is 40.1 Å². The van der Waals surface area contributed by atoms with Gasteiger partial charge in [-0.1, -0.05) is 6.07 Å². The molecule has 1 N–H and O–H groups in total. The number of hydrogen-bond donors (Lipinski definition) is 1. The molecule has 2 aliphatic heterocycles. The summed E-state index contributed by atoms with van der Waals surface area (Å²) in [4.78, 5) is 29.3. The number of alkyl halides is 3. The van der Waals surface area contributed by atoms with E-state index < -0.39 is 11.7 Å². The minimum absolute atomic E-state index is 0.0846. The zero-order chi connectivity index (χ0) is 21.6. The number of carbonyl (C=O) groups is 1. The zero-order valence-corrected chi connectivity index (χ0v) is 16.2. The summed E-state index contributed by atoms with van der Waals surface area (Å²) in [6.45, 7) is 1.45. The van der Waals surface area contributed by atoms with Gasteiger partial charge in [0, 0.05) is 37.2 Å². The van der Waals surface area contributed by atoms with Crippen LogP contribution in [0.15, 0.2) is 55.0 Å². The molecule has 3 aromatic heterocycles. The molecule has 1 fully saturated rings. The van der Waals surface area contributed by atoms with Crippen molar-refractivity contribution in [2.24, 2.45) is 0 Å². The second-order valence-electron chi connectivity index (χ2n) is 7.40. The lowest BCUT2D eigenvalue weighted by Crippen LogP contribution is -2.48. The van der Waals surface area contributed by atoms with Crippen molar-refractivity contribution >= 4 is 23.4 Å². The molecule has 0 radical (unpaired) electrons. The van der Waals surface area contributed by atoms with E-state index in [1.165, 1.54) is 6.20 Å². The first kappa shape index (κ1) is 19.3. The van der Waals surface area contributed by atoms with Crippen LogP contribution in [0.4, 0.5) is 35.3 Å². The SMILES string of the molecule is O=C(Nc1ccccn1)N1c2nc(-c3cncc(C(F)(F)F)c3)ccc2N2CC[C@H]1C2. The average Bonchev–Trinajstić information content (AvgIpc) is 3.18. The smallest absolute Gasteiger partial charge is 0.366 e. The Hall–Kier alpha value is -3.69. The Morgan fingerprint density at radius 3 is 2.81 bits per heavy atom. The molecule has 2 aliphatic rings. The van der Waals surface area contributed by atoms with E-state index in [1.54, 1.807) is 41.4 Å². The number of aromatic nitrogens is 3. The summed E-state index contributed by atoms with van der Waals surface area (Å²) >= 11 is 0. The second kappa shape index (κ2) is 7.22. The number of amides is 2. The van der Waals surface area contributed by atoms with Gasteiger partial charge in [-0.25, -0.2) is 14.8 Å². The van der Waals surface area contributed by atoms with E-state index in [9.17, 15) is 18.0 Å². The van der Waals surface area contributed by atoms with Crippen LogP contribution in [0.5, 0.6) is 0 Å². The molecule has 1 atom stereocenters. The van der Waals surface area contributed by atoms with E-state index in [2.05, 4.69) is 25.2 Å². The van der Waals surface area contributed by atoms with Crippen molar-refractivity contribution in [1.82, 2.24) is 15.0 Å². The molecular weight excluding hydrogens is 409 g/mol. The van der Waals surface area contributed by atoms with Gasteiger partial charge in [0.2, 0.25) is 0 Å². The molecule has 7 nitrogen and oxygen atoms in total. The van der Waals surface area contributed by atoms with Gasteiger partial charge in [0.05, 0.1) is 23.0 Å². The van der Waals surface area contributed by atoms with Crippen LogP contribution < -0.4 is 15.1 Å². The number of nitrogens with zero attached hydrogens (tertiary/aromatic N) is 5. The van der Waals surface area contributed by atoms with Crippen LogP contribution in [0.2, 0.25) is 0 Å². The van der Waals surface area contributed by atoms with Crippen LogP contribution in [-0.2, 0) is 6.18 Å². The fourth-order valence-electron chi connectivity index (χ4n) is 3.97. The number of rotatable bonds is 2. The molecule has 158 valence electrons. The van der Waals surface area contributed by atoms with Crippen LogP contribution in [0.25, 0.3) is 11.3 Å². The third kappa shape index (κ3) is 3.54. The van der Waals surface area contributed by atoms with Gasteiger partial charge in [-0.15, -0.1) is 0 Å². The summed E-state index contributed by atoms with van der Waals surface area (Å²) in [5.74, 6) is 0.824. The molecule has 10 heteroatoms. The summed E-state index contributed by atoms with van der Waals surface area (Å²) in [5.41, 5.74) is 0.470. The van der Waals surface area contributed by atoms with Crippen molar-refractivity contribution in [3.05, 3.63) is 60.6 Å². The van der Waals surface area contributed by atoms with E-state index in [0.717, 1.165) is 30.9 Å². The molecule has 2 bridgehead atoms. The van der Waals surface area contributed by atoms with E-state index >= 15 is 0 Å². The normalized spacial score (nSPS) is 17.5. The predicted molar refractivity (Wildman–Crippen MR) is 109 cm³/mol. The lowest BCUT2D eigenvalue weighted by Gasteiger charge is -2.35. The molecule has 0 aliphatic carbocycles. The van der Waals surface area contributed by atoms with Crippen molar-refractivity contribution in [3.63, 3.8) is 0 Å². The zero-order valence-electron chi connectivity index (χ0n) is 16.2. The third-order valence-corrected chi connectivity index (χ3v) is 5.43. The van der Waals surface area contributed by atoms with Crippen LogP contribution in [0, 0.1) is 0 Å². The molecule has 0 unspecified atom stereocenters. The topological polar surface area (TPSA) is 74.2 Å². The first-order chi connectivity index (χ1) is 14.9. The molecular formula is C21H17F3N6O. The van der Waals surface area contributed by atoms with Gasteiger partial charge in [0.1, 0.15) is 5.82 Å². The van der Waals surface area contributed by atoms with Crippen molar-refractivity contribution in [1.29, 1.82) is 0 Å². The highest BCUT2D eigenvalue weighted by atomic mass is 19.4. The lowest BCUT2D eigenvalue weighted by molar-refractivity contribution is -0.137. The largest absolute Gasteiger partial charge is 0.417 e. The van der Waals surface area contributed by atoms with Crippen molar-refractivity contribution < 1.29 is 18.0 Å². The number of anilines is 3. The Bertz CT molecular complexity index is 1140. The van der Waals surface area contributed by atoms with Crippen molar-refractivity contribution in [3.8, 4) is 11.3 Å². The number of halogens is 3. The Morgan fingerprint density at radius 1 is 1.16 bits per heavy atom. The third-order valence-electron chi connectivity index (χ3n) is 5.43. The lowest BCUT2D eigenvalue weighted by atomic mass is 10.1. The maximum absolute atomic E-state index is 13.1. The van der Waals surface area contributed by atoms with Crippen LogP contribution >= 0.6 is 0 Å². The minimum atomic E-state index is -4.50. The molecule has 1 saturated heterocycles. The quantitative estimate of drug-likeness (QED) is 0.665. The standard InChI is InChI=1S/C21H17F3N6O/c22-21(23,24)14-9-13(10-25-11-14)16-4-5-17-19(27-16)30(15-6-8-29(17)12-15)20(31)28-18-3-1-2-7-26-18/h1-5,7,9-11,15H,6,8,12H2,(H,26,28,31)/t15-/m0/s1. The number of urea groups is 1. The number of nitrogens with one attached hydrogen (secondary N) is 1. The van der Waals surface area contributed by atoms with E-state index in [1.807, 2.05) is 0 Å². The summed E-state index contributed by atoms with van der Waals surface area (Å²) in [5, 5.41) is 2.78. The second-order valence-corrected chi connectivity index (χ2v) is 7.40. The molecule has 2 amide bonds. The van der Waals surface area contributed by atoms with E-state index in [4.69, 9.17) is 0 Å². The predicted octanol–water partition coefficient (Wildman–Crippen LogP) is 4.19. The van der Waals surface area contributed by atoms with E-state index in [0.29, 0.717) is 23.9 Å². The first-order valence-electron chi connectivity index (χ1n) is 9.70. The Labute approximate surface area is 175 Å². The molecule has 0 saturated carbocycles. The van der Waals surface area contributed by atoms with Gasteiger partial charge in [0.25, 0.3) is 0 Å². The first-order valence-corrected chi connectivity index (χ1v) is 9.70. The fourth-order valence-corrected chi connectivity index (χ4v) is 3.97. The molecule has 31 heavy (non-hydrogen) atoms. The molecule has 3 aromatic rings. The fraction of sp³-hybridized carbons (Fsp3) is 0.238. The number of hydrogen-bond acceptors (Lipinski definition) is 5. The highest BCUT2D eigenvalue weighted by molar-refractivity contribution is 6.04. The Morgan fingerprint density at radius 2 is 2.03 bits per heavy atom. The number of fused-ring (bicyclic) bond motifs is 4. The summed E-state index contributed by atoms with van der Waals surface area (Å²) in [7, 11) is 0.